The maximum absolute atomic E-state index is 11.9. The predicted octanol–water partition coefficient (Wildman–Crippen LogP) is 4.61. The average Bonchev–Trinajstić information content (AvgIpc) is 2.37. The Morgan fingerprint density at radius 2 is 1.65 bits per heavy atom. The third kappa shape index (κ3) is 4.25. The molecule has 1 amide bonds. The Morgan fingerprint density at radius 1 is 1.05 bits per heavy atom. The van der Waals surface area contributed by atoms with Crippen LogP contribution >= 0.6 is 11.6 Å². The van der Waals surface area contributed by atoms with Crippen LogP contribution in [-0.2, 0) is 4.79 Å². The van der Waals surface area contributed by atoms with Gasteiger partial charge in [0, 0.05) is 16.8 Å². The second kappa shape index (κ2) is 6.40. The molecule has 2 rings (SSSR count). The van der Waals surface area contributed by atoms with E-state index in [1.807, 2.05) is 38.1 Å². The molecular weight excluding hydrogens is 270 g/mol. The summed E-state index contributed by atoms with van der Waals surface area (Å²) in [6.07, 6.45) is 3.27. The highest BCUT2D eigenvalue weighted by Gasteiger charge is 1.99. The molecule has 2 aromatic rings. The van der Waals surface area contributed by atoms with Crippen molar-refractivity contribution in [3.8, 4) is 0 Å². The molecule has 0 aromatic heterocycles. The van der Waals surface area contributed by atoms with Crippen molar-refractivity contribution < 1.29 is 4.79 Å². The largest absolute Gasteiger partial charge is 0.322 e. The molecule has 0 atom stereocenters. The van der Waals surface area contributed by atoms with E-state index in [1.165, 1.54) is 6.08 Å². The normalized spacial score (nSPS) is 10.8. The van der Waals surface area contributed by atoms with Gasteiger partial charge in [-0.3, -0.25) is 4.79 Å². The number of amides is 1. The third-order valence-electron chi connectivity index (χ3n) is 2.79. The van der Waals surface area contributed by atoms with Crippen LogP contribution in [0.15, 0.2) is 48.5 Å². The van der Waals surface area contributed by atoms with Crippen LogP contribution in [-0.4, -0.2) is 5.91 Å². The first-order chi connectivity index (χ1) is 9.52. The summed E-state index contributed by atoms with van der Waals surface area (Å²) in [5.74, 6) is -0.148. The lowest BCUT2D eigenvalue weighted by Crippen LogP contribution is -2.08. The summed E-state index contributed by atoms with van der Waals surface area (Å²) >= 11 is 5.81. The molecule has 0 bridgehead atoms. The fraction of sp³-hybridized carbons (Fsp3) is 0.118. The van der Waals surface area contributed by atoms with Crippen LogP contribution in [0.1, 0.15) is 16.7 Å². The van der Waals surface area contributed by atoms with Crippen LogP contribution in [0.25, 0.3) is 6.08 Å². The van der Waals surface area contributed by atoms with Gasteiger partial charge in [-0.1, -0.05) is 29.8 Å². The fourth-order valence-corrected chi connectivity index (χ4v) is 2.10. The molecule has 0 saturated heterocycles. The zero-order valence-corrected chi connectivity index (χ0v) is 12.2. The van der Waals surface area contributed by atoms with Gasteiger partial charge in [-0.15, -0.1) is 0 Å². The van der Waals surface area contributed by atoms with E-state index >= 15 is 0 Å². The van der Waals surface area contributed by atoms with Crippen molar-refractivity contribution in [3.63, 3.8) is 0 Å². The number of nitrogens with one attached hydrogen (secondary N) is 1. The molecule has 20 heavy (non-hydrogen) atoms. The topological polar surface area (TPSA) is 29.1 Å². The van der Waals surface area contributed by atoms with Gasteiger partial charge in [0.05, 0.1) is 0 Å². The SMILES string of the molecule is Cc1cc(C)cc(NC(=O)C=Cc2ccc(Cl)cc2)c1. The van der Waals surface area contributed by atoms with Gasteiger partial charge in [-0.25, -0.2) is 0 Å². The number of halogens is 1. The van der Waals surface area contributed by atoms with Gasteiger partial charge in [0.25, 0.3) is 0 Å². The summed E-state index contributed by atoms with van der Waals surface area (Å²) in [5, 5.41) is 3.54. The van der Waals surface area contributed by atoms with E-state index in [4.69, 9.17) is 11.6 Å². The maximum Gasteiger partial charge on any atom is 0.248 e. The third-order valence-corrected chi connectivity index (χ3v) is 3.04. The van der Waals surface area contributed by atoms with Crippen LogP contribution < -0.4 is 5.32 Å². The Balaban J connectivity index is 2.03. The molecular formula is C17H16ClNO. The van der Waals surface area contributed by atoms with Gasteiger partial charge < -0.3 is 5.32 Å². The minimum Gasteiger partial charge on any atom is -0.322 e. The summed E-state index contributed by atoms with van der Waals surface area (Å²) in [5.41, 5.74) is 4.00. The van der Waals surface area contributed by atoms with Gasteiger partial charge in [0.1, 0.15) is 0 Å². The first-order valence-corrected chi connectivity index (χ1v) is 6.74. The molecule has 0 unspecified atom stereocenters. The van der Waals surface area contributed by atoms with E-state index < -0.39 is 0 Å². The molecule has 0 radical (unpaired) electrons. The van der Waals surface area contributed by atoms with Crippen molar-refractivity contribution in [2.75, 3.05) is 5.32 Å². The van der Waals surface area contributed by atoms with E-state index in [0.29, 0.717) is 5.02 Å². The molecule has 2 aromatic carbocycles. The predicted molar refractivity (Wildman–Crippen MR) is 85.0 cm³/mol. The van der Waals surface area contributed by atoms with Crippen molar-refractivity contribution in [2.24, 2.45) is 0 Å². The number of hydrogen-bond donors (Lipinski definition) is 1. The van der Waals surface area contributed by atoms with E-state index in [1.54, 1.807) is 18.2 Å². The summed E-state index contributed by atoms with van der Waals surface area (Å²) in [6.45, 7) is 4.01. The molecule has 0 spiro atoms. The zero-order chi connectivity index (χ0) is 14.5. The van der Waals surface area contributed by atoms with Crippen LogP contribution in [0.5, 0.6) is 0 Å². The Bertz CT molecular complexity index is 624. The Labute approximate surface area is 124 Å². The lowest BCUT2D eigenvalue weighted by atomic mass is 10.1. The molecule has 0 heterocycles. The second-order valence-corrected chi connectivity index (χ2v) is 5.19. The highest BCUT2D eigenvalue weighted by Crippen LogP contribution is 2.14. The van der Waals surface area contributed by atoms with Gasteiger partial charge in [0.15, 0.2) is 0 Å². The van der Waals surface area contributed by atoms with Crippen LogP contribution in [0, 0.1) is 13.8 Å². The smallest absolute Gasteiger partial charge is 0.248 e. The highest BCUT2D eigenvalue weighted by molar-refractivity contribution is 6.30. The number of aryl methyl sites for hydroxylation is 2. The summed E-state index contributed by atoms with van der Waals surface area (Å²) in [4.78, 5) is 11.9. The number of benzene rings is 2. The number of carbonyl (C=O) groups is 1. The van der Waals surface area contributed by atoms with E-state index in [-0.39, 0.29) is 5.91 Å². The summed E-state index contributed by atoms with van der Waals surface area (Å²) < 4.78 is 0. The minimum atomic E-state index is -0.148. The van der Waals surface area contributed by atoms with Crippen molar-refractivity contribution in [1.82, 2.24) is 0 Å². The Morgan fingerprint density at radius 3 is 2.25 bits per heavy atom. The van der Waals surface area contributed by atoms with Gasteiger partial charge in [-0.2, -0.15) is 0 Å². The van der Waals surface area contributed by atoms with E-state index in [9.17, 15) is 4.79 Å². The molecule has 1 N–H and O–H groups in total. The average molecular weight is 286 g/mol. The molecule has 0 aliphatic rings. The van der Waals surface area contributed by atoms with Crippen molar-refractivity contribution in [3.05, 3.63) is 70.3 Å². The molecule has 0 aliphatic heterocycles. The summed E-state index contributed by atoms with van der Waals surface area (Å²) in [7, 11) is 0. The fourth-order valence-electron chi connectivity index (χ4n) is 1.98. The van der Waals surface area contributed by atoms with Crippen molar-refractivity contribution in [1.29, 1.82) is 0 Å². The summed E-state index contributed by atoms with van der Waals surface area (Å²) in [6, 6.07) is 13.3. The molecule has 3 heteroatoms. The van der Waals surface area contributed by atoms with Gasteiger partial charge in [0.2, 0.25) is 5.91 Å². The van der Waals surface area contributed by atoms with Crippen molar-refractivity contribution >= 4 is 29.3 Å². The highest BCUT2D eigenvalue weighted by atomic mass is 35.5. The Kier molecular flexibility index (Phi) is 4.59. The first-order valence-electron chi connectivity index (χ1n) is 6.36. The van der Waals surface area contributed by atoms with E-state index in [0.717, 1.165) is 22.4 Å². The van der Waals surface area contributed by atoms with Crippen LogP contribution in [0.3, 0.4) is 0 Å². The monoisotopic (exact) mass is 285 g/mol. The molecule has 0 aliphatic carbocycles. The van der Waals surface area contributed by atoms with E-state index in [2.05, 4.69) is 11.4 Å². The van der Waals surface area contributed by atoms with Gasteiger partial charge in [-0.05, 0) is 60.9 Å². The zero-order valence-electron chi connectivity index (χ0n) is 11.5. The molecule has 102 valence electrons. The number of rotatable bonds is 3. The number of carbonyl (C=O) groups excluding carboxylic acids is 1. The van der Waals surface area contributed by atoms with Crippen LogP contribution in [0.2, 0.25) is 5.02 Å². The molecule has 0 fully saturated rings. The molecule has 2 nitrogen and oxygen atoms in total. The van der Waals surface area contributed by atoms with Gasteiger partial charge >= 0.3 is 0 Å². The quantitative estimate of drug-likeness (QED) is 0.820. The minimum absolute atomic E-state index is 0.148. The lowest BCUT2D eigenvalue weighted by molar-refractivity contribution is -0.111. The standard InChI is InChI=1S/C17H16ClNO/c1-12-9-13(2)11-16(10-12)19-17(20)8-5-14-3-6-15(18)7-4-14/h3-11H,1-2H3,(H,19,20). The molecule has 0 saturated carbocycles. The second-order valence-electron chi connectivity index (χ2n) is 4.75. The lowest BCUT2D eigenvalue weighted by Gasteiger charge is -2.05. The number of anilines is 1. The Hall–Kier alpha value is -2.06. The maximum atomic E-state index is 11.9. The first kappa shape index (κ1) is 14.4. The van der Waals surface area contributed by atoms with Crippen LogP contribution in [0.4, 0.5) is 5.69 Å². The number of hydrogen-bond acceptors (Lipinski definition) is 1. The van der Waals surface area contributed by atoms with Crippen molar-refractivity contribution in [2.45, 2.75) is 13.8 Å².